The van der Waals surface area contributed by atoms with E-state index < -0.39 is 10.0 Å². The van der Waals surface area contributed by atoms with Gasteiger partial charge in [0.1, 0.15) is 0 Å². The molecule has 0 aliphatic carbocycles. The second kappa shape index (κ2) is 5.53. The van der Waals surface area contributed by atoms with Crippen molar-refractivity contribution >= 4 is 10.0 Å². The molecule has 0 spiro atoms. The van der Waals surface area contributed by atoms with E-state index in [1.807, 2.05) is 0 Å². The minimum absolute atomic E-state index is 0.220. The van der Waals surface area contributed by atoms with Crippen LogP contribution < -0.4 is 5.73 Å². The largest absolute Gasteiger partial charge is 0.320 e. The van der Waals surface area contributed by atoms with Crippen molar-refractivity contribution in [3.05, 3.63) is 29.8 Å². The summed E-state index contributed by atoms with van der Waals surface area (Å²) < 4.78 is 26.4. The van der Waals surface area contributed by atoms with E-state index in [0.717, 1.165) is 12.8 Å². The molecular formula is C13H16N2O2S. The first-order valence-electron chi connectivity index (χ1n) is 5.94. The fraction of sp³-hybridized carbons (Fsp3) is 0.385. The first kappa shape index (κ1) is 13.1. The molecular weight excluding hydrogens is 248 g/mol. The van der Waals surface area contributed by atoms with Crippen molar-refractivity contribution in [1.29, 1.82) is 0 Å². The van der Waals surface area contributed by atoms with Crippen LogP contribution in [0.2, 0.25) is 0 Å². The average molecular weight is 264 g/mol. The maximum atomic E-state index is 12.4. The minimum Gasteiger partial charge on any atom is -0.320 e. The Hall–Kier alpha value is -1.35. The third kappa shape index (κ3) is 2.56. The normalized spacial score (nSPS) is 16.3. The van der Waals surface area contributed by atoms with Gasteiger partial charge in [-0.2, -0.15) is 4.31 Å². The highest BCUT2D eigenvalue weighted by atomic mass is 32.2. The van der Waals surface area contributed by atoms with Crippen molar-refractivity contribution in [2.24, 2.45) is 5.73 Å². The number of benzene rings is 1. The van der Waals surface area contributed by atoms with Gasteiger partial charge in [-0.25, -0.2) is 8.42 Å². The van der Waals surface area contributed by atoms with E-state index in [1.54, 1.807) is 24.3 Å². The molecule has 4 nitrogen and oxygen atoms in total. The molecule has 0 radical (unpaired) electrons. The molecule has 1 aromatic rings. The van der Waals surface area contributed by atoms with Gasteiger partial charge in [-0.05, 0) is 25.0 Å². The molecule has 0 amide bonds. The molecule has 1 heterocycles. The monoisotopic (exact) mass is 264 g/mol. The first-order valence-corrected chi connectivity index (χ1v) is 7.38. The van der Waals surface area contributed by atoms with Crippen LogP contribution in [0.25, 0.3) is 0 Å². The SMILES string of the molecule is NCC#Cc1ccccc1S(=O)(=O)N1CCCC1. The second-order valence-electron chi connectivity index (χ2n) is 4.11. The number of nitrogens with two attached hydrogens (primary N) is 1. The van der Waals surface area contributed by atoms with Gasteiger partial charge in [0.2, 0.25) is 10.0 Å². The zero-order valence-corrected chi connectivity index (χ0v) is 10.9. The van der Waals surface area contributed by atoms with Crippen LogP contribution in [-0.4, -0.2) is 32.4 Å². The van der Waals surface area contributed by atoms with Gasteiger partial charge in [0.25, 0.3) is 0 Å². The Morgan fingerprint density at radius 3 is 2.56 bits per heavy atom. The molecule has 96 valence electrons. The van der Waals surface area contributed by atoms with E-state index in [-0.39, 0.29) is 11.4 Å². The average Bonchev–Trinajstić information content (AvgIpc) is 2.91. The molecule has 1 saturated heterocycles. The fourth-order valence-electron chi connectivity index (χ4n) is 2.01. The number of hydrogen-bond donors (Lipinski definition) is 1. The van der Waals surface area contributed by atoms with Crippen molar-refractivity contribution in [3.8, 4) is 11.8 Å². The van der Waals surface area contributed by atoms with E-state index >= 15 is 0 Å². The topological polar surface area (TPSA) is 63.4 Å². The maximum absolute atomic E-state index is 12.4. The lowest BCUT2D eigenvalue weighted by Gasteiger charge is -2.16. The second-order valence-corrected chi connectivity index (χ2v) is 6.02. The van der Waals surface area contributed by atoms with Crippen LogP contribution in [-0.2, 0) is 10.0 Å². The van der Waals surface area contributed by atoms with Crippen molar-refractivity contribution in [2.45, 2.75) is 17.7 Å². The van der Waals surface area contributed by atoms with Gasteiger partial charge in [-0.15, -0.1) is 0 Å². The van der Waals surface area contributed by atoms with E-state index in [0.29, 0.717) is 18.7 Å². The van der Waals surface area contributed by atoms with Gasteiger partial charge >= 0.3 is 0 Å². The predicted octanol–water partition coefficient (Wildman–Crippen LogP) is 0.781. The molecule has 2 N–H and O–H groups in total. The van der Waals surface area contributed by atoms with Crippen molar-refractivity contribution in [2.75, 3.05) is 19.6 Å². The Morgan fingerprint density at radius 1 is 1.22 bits per heavy atom. The van der Waals surface area contributed by atoms with Gasteiger partial charge in [0.15, 0.2) is 0 Å². The van der Waals surface area contributed by atoms with Crippen molar-refractivity contribution in [1.82, 2.24) is 4.31 Å². The molecule has 0 atom stereocenters. The molecule has 1 fully saturated rings. The zero-order chi connectivity index (χ0) is 13.0. The fourth-order valence-corrected chi connectivity index (χ4v) is 3.67. The minimum atomic E-state index is -3.41. The summed E-state index contributed by atoms with van der Waals surface area (Å²) in [7, 11) is -3.41. The summed E-state index contributed by atoms with van der Waals surface area (Å²) in [6.45, 7) is 1.42. The summed E-state index contributed by atoms with van der Waals surface area (Å²) in [5.74, 6) is 5.52. The molecule has 0 saturated carbocycles. The van der Waals surface area contributed by atoms with E-state index in [9.17, 15) is 8.42 Å². The molecule has 18 heavy (non-hydrogen) atoms. The highest BCUT2D eigenvalue weighted by Crippen LogP contribution is 2.23. The maximum Gasteiger partial charge on any atom is 0.244 e. The van der Waals surface area contributed by atoms with Crippen LogP contribution in [0.4, 0.5) is 0 Å². The lowest BCUT2D eigenvalue weighted by atomic mass is 10.2. The third-order valence-corrected chi connectivity index (χ3v) is 4.85. The van der Waals surface area contributed by atoms with Gasteiger partial charge in [0, 0.05) is 18.7 Å². The first-order chi connectivity index (χ1) is 8.66. The smallest absolute Gasteiger partial charge is 0.244 e. The Balaban J connectivity index is 2.43. The number of hydrogen-bond acceptors (Lipinski definition) is 3. The predicted molar refractivity (Wildman–Crippen MR) is 70.4 cm³/mol. The zero-order valence-electron chi connectivity index (χ0n) is 10.1. The van der Waals surface area contributed by atoms with Crippen LogP contribution in [0.5, 0.6) is 0 Å². The lowest BCUT2D eigenvalue weighted by molar-refractivity contribution is 0.477. The Morgan fingerprint density at radius 2 is 1.89 bits per heavy atom. The molecule has 1 aliphatic rings. The van der Waals surface area contributed by atoms with Crippen LogP contribution >= 0.6 is 0 Å². The van der Waals surface area contributed by atoms with E-state index in [4.69, 9.17) is 5.73 Å². The van der Waals surface area contributed by atoms with Gasteiger partial charge in [-0.3, -0.25) is 0 Å². The van der Waals surface area contributed by atoms with E-state index in [2.05, 4.69) is 11.8 Å². The molecule has 5 heteroatoms. The standard InChI is InChI=1S/C13H16N2O2S/c14-9-5-7-12-6-1-2-8-13(12)18(16,17)15-10-3-4-11-15/h1-2,6,8H,3-4,9-11,14H2. The quantitative estimate of drug-likeness (QED) is 0.803. The molecule has 0 unspecified atom stereocenters. The summed E-state index contributed by atoms with van der Waals surface area (Å²) >= 11 is 0. The van der Waals surface area contributed by atoms with Gasteiger partial charge in [0.05, 0.1) is 11.4 Å². The Labute approximate surface area is 108 Å². The summed E-state index contributed by atoms with van der Waals surface area (Å²) in [5.41, 5.74) is 5.85. The molecule has 2 rings (SSSR count). The Bertz CT molecular complexity index is 578. The number of rotatable bonds is 2. The third-order valence-electron chi connectivity index (χ3n) is 2.90. The lowest BCUT2D eigenvalue weighted by Crippen LogP contribution is -2.28. The van der Waals surface area contributed by atoms with Crippen LogP contribution in [0, 0.1) is 11.8 Å². The Kier molecular flexibility index (Phi) is 4.02. The summed E-state index contributed by atoms with van der Waals surface area (Å²) in [6, 6.07) is 6.82. The summed E-state index contributed by atoms with van der Waals surface area (Å²) in [5, 5.41) is 0. The van der Waals surface area contributed by atoms with Crippen LogP contribution in [0.3, 0.4) is 0 Å². The van der Waals surface area contributed by atoms with Gasteiger partial charge in [-0.1, -0.05) is 24.0 Å². The van der Waals surface area contributed by atoms with Crippen molar-refractivity contribution < 1.29 is 8.42 Å². The highest BCUT2D eigenvalue weighted by Gasteiger charge is 2.28. The number of nitrogens with zero attached hydrogens (tertiary/aromatic N) is 1. The van der Waals surface area contributed by atoms with Crippen molar-refractivity contribution in [3.63, 3.8) is 0 Å². The van der Waals surface area contributed by atoms with E-state index in [1.165, 1.54) is 4.31 Å². The summed E-state index contributed by atoms with van der Waals surface area (Å²) in [4.78, 5) is 0.285. The number of sulfonamides is 1. The molecule has 0 bridgehead atoms. The van der Waals surface area contributed by atoms with Gasteiger partial charge < -0.3 is 5.73 Å². The highest BCUT2D eigenvalue weighted by molar-refractivity contribution is 7.89. The van der Waals surface area contributed by atoms with Crippen LogP contribution in [0.15, 0.2) is 29.2 Å². The molecule has 1 aliphatic heterocycles. The summed E-state index contributed by atoms with van der Waals surface area (Å²) in [6.07, 6.45) is 1.85. The molecule has 1 aromatic carbocycles. The van der Waals surface area contributed by atoms with Crippen LogP contribution in [0.1, 0.15) is 18.4 Å². The molecule has 0 aromatic heterocycles.